The molecule has 0 radical (unpaired) electrons. The van der Waals surface area contributed by atoms with E-state index in [4.69, 9.17) is 4.99 Å². The molecule has 0 spiro atoms. The highest BCUT2D eigenvalue weighted by Gasteiger charge is 2.16. The largest absolute Gasteiger partial charge is 0.357 e. The summed E-state index contributed by atoms with van der Waals surface area (Å²) in [5.74, 6) is 1.52. The summed E-state index contributed by atoms with van der Waals surface area (Å²) >= 11 is 0. The molecule has 0 aromatic heterocycles. The summed E-state index contributed by atoms with van der Waals surface area (Å²) in [6.45, 7) is 8.23. The number of aliphatic imine (C=N–C) groups is 1. The summed E-state index contributed by atoms with van der Waals surface area (Å²) in [5, 5.41) is 3.16. The van der Waals surface area contributed by atoms with Crippen LogP contribution in [0.2, 0.25) is 0 Å². The van der Waals surface area contributed by atoms with Crippen LogP contribution >= 0.6 is 0 Å². The second-order valence-electron chi connectivity index (χ2n) is 13.7. The fourth-order valence-corrected chi connectivity index (χ4v) is 6.56. The summed E-state index contributed by atoms with van der Waals surface area (Å²) < 4.78 is 0. The Bertz CT molecular complexity index is 620. The molecule has 4 nitrogen and oxygen atoms in total. The molecule has 1 amide bonds. The van der Waals surface area contributed by atoms with Crippen molar-refractivity contribution in [2.24, 2.45) is 4.99 Å². The molecule has 0 aromatic carbocycles. The van der Waals surface area contributed by atoms with Gasteiger partial charge in [-0.1, -0.05) is 187 Å². The number of unbranched alkanes of at least 4 members (excludes halogenated alkanes) is 27. The number of hydrogen-bond donors (Lipinski definition) is 1. The number of nitrogens with one attached hydrogen (secondary N) is 1. The van der Waals surface area contributed by atoms with Gasteiger partial charge in [0.25, 0.3) is 0 Å². The minimum atomic E-state index is 0.236. The monoisotopic (exact) mass is 604 g/mol. The lowest BCUT2D eigenvalue weighted by atomic mass is 10.0. The third-order valence-corrected chi connectivity index (χ3v) is 9.49. The maximum Gasteiger partial charge on any atom is 0.220 e. The second kappa shape index (κ2) is 32.3. The number of hydrogen-bond acceptors (Lipinski definition) is 3. The summed E-state index contributed by atoms with van der Waals surface area (Å²) in [7, 11) is 0. The predicted molar refractivity (Wildman–Crippen MR) is 191 cm³/mol. The standard InChI is InChI=1S/C39H77N3O/c1-3-5-7-9-11-13-15-17-19-21-23-25-27-29-31-33-39(43)41-35-37-42-36-34-40-38(42)32-30-28-26-24-22-20-18-16-14-12-10-8-6-4-2/h3-37H2,1-2H3,(H,41,43). The molecule has 1 N–H and O–H groups in total. The lowest BCUT2D eigenvalue weighted by Crippen LogP contribution is -2.36. The van der Waals surface area contributed by atoms with Gasteiger partial charge in [-0.25, -0.2) is 0 Å². The van der Waals surface area contributed by atoms with Gasteiger partial charge in [0.1, 0.15) is 0 Å². The van der Waals surface area contributed by atoms with E-state index in [1.54, 1.807) is 0 Å². The quantitative estimate of drug-likeness (QED) is 0.0743. The minimum Gasteiger partial charge on any atom is -0.357 e. The second-order valence-corrected chi connectivity index (χ2v) is 13.7. The average Bonchev–Trinajstić information content (AvgIpc) is 3.46. The van der Waals surface area contributed by atoms with Gasteiger partial charge in [-0.2, -0.15) is 0 Å². The lowest BCUT2D eigenvalue weighted by Gasteiger charge is -2.20. The summed E-state index contributed by atoms with van der Waals surface area (Å²) in [5.41, 5.74) is 0. The molecule has 0 bridgehead atoms. The molecule has 0 saturated carbocycles. The number of amides is 1. The Hall–Kier alpha value is -1.06. The van der Waals surface area contributed by atoms with Crippen LogP contribution in [0.5, 0.6) is 0 Å². The van der Waals surface area contributed by atoms with Crippen molar-refractivity contribution in [1.29, 1.82) is 0 Å². The van der Waals surface area contributed by atoms with E-state index in [1.165, 1.54) is 186 Å². The molecule has 0 aliphatic carbocycles. The zero-order chi connectivity index (χ0) is 30.9. The van der Waals surface area contributed by atoms with Gasteiger partial charge in [0.15, 0.2) is 0 Å². The van der Waals surface area contributed by atoms with Crippen LogP contribution in [0.25, 0.3) is 0 Å². The van der Waals surface area contributed by atoms with Gasteiger partial charge >= 0.3 is 0 Å². The molecule has 0 atom stereocenters. The third kappa shape index (κ3) is 27.0. The first-order valence-electron chi connectivity index (χ1n) is 19.8. The number of amidine groups is 1. The number of nitrogens with zero attached hydrogens (tertiary/aromatic N) is 2. The van der Waals surface area contributed by atoms with Crippen LogP contribution in [0.15, 0.2) is 4.99 Å². The lowest BCUT2D eigenvalue weighted by molar-refractivity contribution is -0.121. The van der Waals surface area contributed by atoms with Crippen molar-refractivity contribution in [3.63, 3.8) is 0 Å². The highest BCUT2D eigenvalue weighted by Crippen LogP contribution is 2.16. The molecule has 0 aromatic rings. The average molecular weight is 604 g/mol. The zero-order valence-corrected chi connectivity index (χ0v) is 29.6. The van der Waals surface area contributed by atoms with Crippen molar-refractivity contribution < 1.29 is 4.79 Å². The van der Waals surface area contributed by atoms with E-state index >= 15 is 0 Å². The molecule has 1 aliphatic rings. The summed E-state index contributed by atoms with van der Waals surface area (Å²) in [6.07, 6.45) is 41.9. The first-order chi connectivity index (χ1) is 21.3. The summed E-state index contributed by atoms with van der Waals surface area (Å²) in [6, 6.07) is 0. The zero-order valence-electron chi connectivity index (χ0n) is 29.6. The Morgan fingerprint density at radius 3 is 1.35 bits per heavy atom. The number of rotatable bonds is 34. The Morgan fingerprint density at radius 2 is 0.930 bits per heavy atom. The van der Waals surface area contributed by atoms with E-state index in [1.807, 2.05) is 0 Å². The molecule has 0 fully saturated rings. The molecule has 4 heteroatoms. The van der Waals surface area contributed by atoms with Gasteiger partial charge in [0.05, 0.1) is 12.4 Å². The van der Waals surface area contributed by atoms with Crippen molar-refractivity contribution in [3.05, 3.63) is 0 Å². The topological polar surface area (TPSA) is 44.7 Å². The first-order valence-corrected chi connectivity index (χ1v) is 19.8. The van der Waals surface area contributed by atoms with Crippen LogP contribution in [0.4, 0.5) is 0 Å². The molecule has 1 heterocycles. The van der Waals surface area contributed by atoms with E-state index in [-0.39, 0.29) is 5.91 Å². The molecule has 1 aliphatic heterocycles. The smallest absolute Gasteiger partial charge is 0.220 e. The Balaban J connectivity index is 1.84. The molecular weight excluding hydrogens is 526 g/mol. The summed E-state index contributed by atoms with van der Waals surface area (Å²) in [4.78, 5) is 19.5. The first kappa shape index (κ1) is 40.0. The van der Waals surface area contributed by atoms with Crippen molar-refractivity contribution in [1.82, 2.24) is 10.2 Å². The molecule has 0 saturated heterocycles. The van der Waals surface area contributed by atoms with E-state index < -0.39 is 0 Å². The van der Waals surface area contributed by atoms with Crippen LogP contribution in [0.1, 0.15) is 213 Å². The van der Waals surface area contributed by atoms with Crippen molar-refractivity contribution in [2.45, 2.75) is 213 Å². The van der Waals surface area contributed by atoms with Gasteiger partial charge in [-0.05, 0) is 12.8 Å². The van der Waals surface area contributed by atoms with E-state index in [0.29, 0.717) is 6.42 Å². The Morgan fingerprint density at radius 1 is 0.558 bits per heavy atom. The van der Waals surface area contributed by atoms with Crippen LogP contribution in [-0.4, -0.2) is 42.8 Å². The van der Waals surface area contributed by atoms with Gasteiger partial charge in [-0.3, -0.25) is 9.79 Å². The van der Waals surface area contributed by atoms with Gasteiger partial charge < -0.3 is 10.2 Å². The molecule has 43 heavy (non-hydrogen) atoms. The minimum absolute atomic E-state index is 0.236. The molecule has 0 unspecified atom stereocenters. The fraction of sp³-hybridized carbons (Fsp3) is 0.949. The third-order valence-electron chi connectivity index (χ3n) is 9.49. The maximum atomic E-state index is 12.3. The highest BCUT2D eigenvalue weighted by atomic mass is 16.1. The van der Waals surface area contributed by atoms with Gasteiger partial charge in [0, 0.05) is 32.5 Å². The van der Waals surface area contributed by atoms with E-state index in [9.17, 15) is 4.79 Å². The van der Waals surface area contributed by atoms with E-state index in [0.717, 1.165) is 39.0 Å². The molecular formula is C39H77N3O. The van der Waals surface area contributed by atoms with Crippen LogP contribution in [0.3, 0.4) is 0 Å². The van der Waals surface area contributed by atoms with Crippen molar-refractivity contribution in [3.8, 4) is 0 Å². The van der Waals surface area contributed by atoms with Gasteiger partial charge in [-0.15, -0.1) is 0 Å². The number of carbonyl (C=O) groups is 1. The SMILES string of the molecule is CCCCCCCCCCCCCCCCCC(=O)NCCN1CCN=C1CCCCCCCCCCCCCCCC. The Labute approximate surface area is 270 Å². The van der Waals surface area contributed by atoms with Gasteiger partial charge in [0.2, 0.25) is 5.91 Å². The van der Waals surface area contributed by atoms with Crippen LogP contribution in [0, 0.1) is 0 Å². The molecule has 1 rings (SSSR count). The number of carbonyl (C=O) groups excluding carboxylic acids is 1. The fourth-order valence-electron chi connectivity index (χ4n) is 6.56. The van der Waals surface area contributed by atoms with Crippen molar-refractivity contribution >= 4 is 11.7 Å². The van der Waals surface area contributed by atoms with Crippen LogP contribution < -0.4 is 5.32 Å². The maximum absolute atomic E-state index is 12.3. The normalized spacial score (nSPS) is 13.2. The predicted octanol–water partition coefficient (Wildman–Crippen LogP) is 11.9. The van der Waals surface area contributed by atoms with E-state index in [2.05, 4.69) is 24.1 Å². The van der Waals surface area contributed by atoms with Crippen molar-refractivity contribution in [2.75, 3.05) is 26.2 Å². The highest BCUT2D eigenvalue weighted by molar-refractivity contribution is 5.83. The van der Waals surface area contributed by atoms with Crippen LogP contribution in [-0.2, 0) is 4.79 Å². The Kier molecular flexibility index (Phi) is 30.1. The molecule has 254 valence electrons.